The average molecular weight is 334 g/mol. The van der Waals surface area contributed by atoms with Crippen LogP contribution in [0.1, 0.15) is 5.56 Å². The van der Waals surface area contributed by atoms with Crippen LogP contribution >= 0.6 is 28.1 Å². The molecule has 1 aromatic carbocycles. The molecule has 100 valence electrons. The molecule has 0 saturated carbocycles. The van der Waals surface area contributed by atoms with Gasteiger partial charge >= 0.3 is 0 Å². The van der Waals surface area contributed by atoms with E-state index in [0.29, 0.717) is 15.7 Å². The minimum Gasteiger partial charge on any atom is -0.389 e. The summed E-state index contributed by atoms with van der Waals surface area (Å²) in [6.45, 7) is 1.59. The topological polar surface area (TPSA) is 32.5 Å². The van der Waals surface area contributed by atoms with E-state index in [1.807, 2.05) is 30.9 Å². The lowest BCUT2D eigenvalue weighted by Gasteiger charge is -2.23. The van der Waals surface area contributed by atoms with Crippen LogP contribution in [0.3, 0.4) is 0 Å². The lowest BCUT2D eigenvalue weighted by atomic mass is 10.2. The Balaban J connectivity index is 2.97. The zero-order chi connectivity index (χ0) is 13.9. The van der Waals surface area contributed by atoms with Crippen LogP contribution in [0.5, 0.6) is 0 Å². The van der Waals surface area contributed by atoms with Gasteiger partial charge in [0.1, 0.15) is 4.99 Å². The van der Waals surface area contributed by atoms with E-state index in [1.54, 1.807) is 12.1 Å². The molecule has 0 saturated heterocycles. The van der Waals surface area contributed by atoms with Gasteiger partial charge in [0.25, 0.3) is 0 Å². The molecule has 6 heteroatoms. The van der Waals surface area contributed by atoms with Crippen LogP contribution < -0.4 is 10.6 Å². The van der Waals surface area contributed by atoms with Crippen molar-refractivity contribution in [1.29, 1.82) is 0 Å². The molecule has 0 spiro atoms. The first-order valence-electron chi connectivity index (χ1n) is 5.48. The van der Waals surface area contributed by atoms with E-state index in [4.69, 9.17) is 18.0 Å². The molecule has 3 nitrogen and oxygen atoms in total. The number of hydrogen-bond acceptors (Lipinski definition) is 3. The summed E-state index contributed by atoms with van der Waals surface area (Å²) >= 11 is 8.06. The van der Waals surface area contributed by atoms with E-state index in [2.05, 4.69) is 15.9 Å². The van der Waals surface area contributed by atoms with Crippen LogP contribution in [0.4, 0.5) is 10.1 Å². The normalized spacial score (nSPS) is 10.8. The molecule has 0 aromatic heterocycles. The Hall–Kier alpha value is -0.720. The number of rotatable bonds is 5. The van der Waals surface area contributed by atoms with Gasteiger partial charge in [-0.2, -0.15) is 0 Å². The standard InChI is InChI=1S/C12H17BrFN3S/c1-16(2)6-7-17(3)9-5-4-8(12(15)18)10(13)11(9)14/h4-5H,6-7H2,1-3H3,(H2,15,18). The highest BCUT2D eigenvalue weighted by Crippen LogP contribution is 2.28. The highest BCUT2D eigenvalue weighted by molar-refractivity contribution is 9.10. The van der Waals surface area contributed by atoms with Gasteiger partial charge in [0.05, 0.1) is 10.2 Å². The van der Waals surface area contributed by atoms with E-state index < -0.39 is 0 Å². The minimum atomic E-state index is -0.332. The number of anilines is 1. The second-order valence-electron chi connectivity index (χ2n) is 4.35. The van der Waals surface area contributed by atoms with Crippen molar-refractivity contribution in [2.45, 2.75) is 0 Å². The number of nitrogens with zero attached hydrogens (tertiary/aromatic N) is 2. The van der Waals surface area contributed by atoms with Gasteiger partial charge < -0.3 is 15.5 Å². The number of likely N-dealkylation sites (N-methyl/N-ethyl adjacent to an activating group) is 2. The molecule has 0 atom stereocenters. The molecule has 0 amide bonds. The van der Waals surface area contributed by atoms with Gasteiger partial charge in [-0.05, 0) is 42.2 Å². The van der Waals surface area contributed by atoms with E-state index in [0.717, 1.165) is 13.1 Å². The highest BCUT2D eigenvalue weighted by atomic mass is 79.9. The maximum atomic E-state index is 14.2. The molecule has 0 aliphatic heterocycles. The molecule has 0 aliphatic rings. The van der Waals surface area contributed by atoms with Crippen molar-refractivity contribution < 1.29 is 4.39 Å². The monoisotopic (exact) mass is 333 g/mol. The summed E-state index contributed by atoms with van der Waals surface area (Å²) in [5.41, 5.74) is 6.57. The summed E-state index contributed by atoms with van der Waals surface area (Å²) in [5, 5.41) is 0. The van der Waals surface area contributed by atoms with Gasteiger partial charge in [0, 0.05) is 25.7 Å². The van der Waals surface area contributed by atoms with Crippen molar-refractivity contribution in [2.24, 2.45) is 5.73 Å². The number of thiocarbonyl (C=S) groups is 1. The molecule has 0 radical (unpaired) electrons. The fraction of sp³-hybridized carbons (Fsp3) is 0.417. The summed E-state index contributed by atoms with van der Waals surface area (Å²) < 4.78 is 14.5. The van der Waals surface area contributed by atoms with E-state index in [9.17, 15) is 4.39 Å². The summed E-state index contributed by atoms with van der Waals surface area (Å²) in [6.07, 6.45) is 0. The second-order valence-corrected chi connectivity index (χ2v) is 5.58. The molecule has 2 N–H and O–H groups in total. The molecule has 1 aromatic rings. The van der Waals surface area contributed by atoms with E-state index in [-0.39, 0.29) is 10.8 Å². The highest BCUT2D eigenvalue weighted by Gasteiger charge is 2.15. The molecular weight excluding hydrogens is 317 g/mol. The molecule has 0 bridgehead atoms. The van der Waals surface area contributed by atoms with Crippen molar-refractivity contribution in [1.82, 2.24) is 4.90 Å². The lowest BCUT2D eigenvalue weighted by Crippen LogP contribution is -2.29. The fourth-order valence-corrected chi connectivity index (χ4v) is 2.35. The van der Waals surface area contributed by atoms with Gasteiger partial charge in [-0.3, -0.25) is 0 Å². The van der Waals surface area contributed by atoms with Crippen LogP contribution in [-0.4, -0.2) is 44.1 Å². The largest absolute Gasteiger partial charge is 0.389 e. The van der Waals surface area contributed by atoms with Crippen LogP contribution in [0.25, 0.3) is 0 Å². The van der Waals surface area contributed by atoms with Gasteiger partial charge in [-0.25, -0.2) is 4.39 Å². The maximum absolute atomic E-state index is 14.2. The molecule has 18 heavy (non-hydrogen) atoms. The van der Waals surface area contributed by atoms with E-state index >= 15 is 0 Å². The second kappa shape index (κ2) is 6.45. The lowest BCUT2D eigenvalue weighted by molar-refractivity contribution is 0.415. The molecule has 1 rings (SSSR count). The third-order valence-electron chi connectivity index (χ3n) is 2.62. The predicted molar refractivity (Wildman–Crippen MR) is 81.8 cm³/mol. The van der Waals surface area contributed by atoms with Crippen LogP contribution in [0.15, 0.2) is 16.6 Å². The number of halogens is 2. The first kappa shape index (κ1) is 15.3. The minimum absolute atomic E-state index is 0.184. The Kier molecular flexibility index (Phi) is 5.49. The molecule has 0 heterocycles. The Morgan fingerprint density at radius 2 is 1.94 bits per heavy atom. The van der Waals surface area contributed by atoms with Gasteiger partial charge in [-0.1, -0.05) is 12.2 Å². The SMILES string of the molecule is CN(C)CCN(C)c1ccc(C(N)=S)c(Br)c1F. The van der Waals surface area contributed by atoms with Crippen molar-refractivity contribution in [3.63, 3.8) is 0 Å². The van der Waals surface area contributed by atoms with Crippen molar-refractivity contribution >= 4 is 38.8 Å². The quantitative estimate of drug-likeness (QED) is 0.837. The number of nitrogens with two attached hydrogens (primary N) is 1. The predicted octanol–water partition coefficient (Wildman–Crippen LogP) is 2.22. The summed E-state index contributed by atoms with van der Waals surface area (Å²) in [7, 11) is 5.82. The number of benzene rings is 1. The summed E-state index contributed by atoms with van der Waals surface area (Å²) in [6, 6.07) is 3.43. The van der Waals surface area contributed by atoms with Gasteiger partial charge in [0.15, 0.2) is 5.82 Å². The van der Waals surface area contributed by atoms with Crippen LogP contribution in [0.2, 0.25) is 0 Å². The zero-order valence-corrected chi connectivity index (χ0v) is 13.1. The van der Waals surface area contributed by atoms with Crippen LogP contribution in [0, 0.1) is 5.82 Å². The Bertz CT molecular complexity index is 451. The Labute approximate surface area is 121 Å². The van der Waals surface area contributed by atoms with Crippen molar-refractivity contribution in [3.05, 3.63) is 28.0 Å². The molecule has 0 fully saturated rings. The molecule has 0 aliphatic carbocycles. The number of hydrogen-bond donors (Lipinski definition) is 1. The van der Waals surface area contributed by atoms with Crippen LogP contribution in [-0.2, 0) is 0 Å². The van der Waals surface area contributed by atoms with Gasteiger partial charge in [0.2, 0.25) is 0 Å². The summed E-state index contributed by atoms with van der Waals surface area (Å²) in [5.74, 6) is -0.332. The smallest absolute Gasteiger partial charge is 0.161 e. The Morgan fingerprint density at radius 3 is 2.44 bits per heavy atom. The molecular formula is C12H17BrFN3S. The summed E-state index contributed by atoms with van der Waals surface area (Å²) in [4.78, 5) is 4.10. The first-order valence-corrected chi connectivity index (χ1v) is 6.68. The third kappa shape index (κ3) is 3.63. The first-order chi connectivity index (χ1) is 8.34. The molecule has 0 unspecified atom stereocenters. The van der Waals surface area contributed by atoms with E-state index in [1.165, 1.54) is 0 Å². The fourth-order valence-electron chi connectivity index (χ4n) is 1.49. The maximum Gasteiger partial charge on any atom is 0.161 e. The van der Waals surface area contributed by atoms with Crippen molar-refractivity contribution in [2.75, 3.05) is 39.1 Å². The van der Waals surface area contributed by atoms with Gasteiger partial charge in [-0.15, -0.1) is 0 Å². The zero-order valence-electron chi connectivity index (χ0n) is 10.7. The Morgan fingerprint density at radius 1 is 1.33 bits per heavy atom. The third-order valence-corrected chi connectivity index (χ3v) is 3.62. The van der Waals surface area contributed by atoms with Crippen molar-refractivity contribution in [3.8, 4) is 0 Å². The average Bonchev–Trinajstić information content (AvgIpc) is 2.29.